The van der Waals surface area contributed by atoms with Crippen molar-refractivity contribution in [2.24, 2.45) is 0 Å². The van der Waals surface area contributed by atoms with E-state index in [1.54, 1.807) is 0 Å². The van der Waals surface area contributed by atoms with Gasteiger partial charge in [-0.05, 0) is 45.0 Å². The van der Waals surface area contributed by atoms with Crippen molar-refractivity contribution in [3.63, 3.8) is 0 Å². The first-order valence-electron chi connectivity index (χ1n) is 6.77. The highest BCUT2D eigenvalue weighted by atomic mass is 16.5. The van der Waals surface area contributed by atoms with E-state index in [1.807, 2.05) is 38.2 Å². The molecule has 0 spiro atoms. The molecule has 1 aromatic carbocycles. The summed E-state index contributed by atoms with van der Waals surface area (Å²) in [7, 11) is 1.92. The summed E-state index contributed by atoms with van der Waals surface area (Å²) in [4.78, 5) is 12.4. The van der Waals surface area contributed by atoms with Gasteiger partial charge in [-0.1, -0.05) is 18.2 Å². The number of benzene rings is 1. The lowest BCUT2D eigenvalue weighted by Gasteiger charge is -2.24. The standard InChI is InChI=1S/C15H22N2O2/c1-15(8-10-19-11-15)17-14(18)13-6-4-3-5-12(13)7-9-16-2/h3-6,16H,7-11H2,1-2H3,(H,17,18). The molecule has 1 unspecified atom stereocenters. The minimum atomic E-state index is -0.229. The predicted octanol–water partition coefficient (Wildman–Crippen LogP) is 1.36. The Hall–Kier alpha value is -1.39. The van der Waals surface area contributed by atoms with Crippen LogP contribution in [0.15, 0.2) is 24.3 Å². The Morgan fingerprint density at radius 1 is 1.42 bits per heavy atom. The summed E-state index contributed by atoms with van der Waals surface area (Å²) < 4.78 is 5.37. The number of hydrogen-bond acceptors (Lipinski definition) is 3. The molecule has 19 heavy (non-hydrogen) atoms. The molecular weight excluding hydrogens is 240 g/mol. The fourth-order valence-electron chi connectivity index (χ4n) is 2.33. The Balaban J connectivity index is 2.09. The zero-order chi connectivity index (χ0) is 13.7. The summed E-state index contributed by atoms with van der Waals surface area (Å²) in [6.07, 6.45) is 1.73. The number of rotatable bonds is 5. The smallest absolute Gasteiger partial charge is 0.252 e. The van der Waals surface area contributed by atoms with Crippen molar-refractivity contribution in [2.45, 2.75) is 25.3 Å². The number of ether oxygens (including phenoxy) is 1. The van der Waals surface area contributed by atoms with E-state index in [4.69, 9.17) is 4.74 Å². The van der Waals surface area contributed by atoms with Crippen molar-refractivity contribution in [1.82, 2.24) is 10.6 Å². The molecule has 1 heterocycles. The average Bonchev–Trinajstić information content (AvgIpc) is 2.83. The minimum Gasteiger partial charge on any atom is -0.379 e. The molecule has 4 nitrogen and oxygen atoms in total. The van der Waals surface area contributed by atoms with Crippen molar-refractivity contribution in [3.8, 4) is 0 Å². The largest absolute Gasteiger partial charge is 0.379 e. The van der Waals surface area contributed by atoms with Crippen LogP contribution in [0.2, 0.25) is 0 Å². The maximum atomic E-state index is 12.4. The molecule has 104 valence electrons. The van der Waals surface area contributed by atoms with Gasteiger partial charge in [0.2, 0.25) is 0 Å². The van der Waals surface area contributed by atoms with Crippen molar-refractivity contribution >= 4 is 5.91 Å². The molecule has 1 atom stereocenters. The molecule has 2 N–H and O–H groups in total. The molecule has 0 radical (unpaired) electrons. The van der Waals surface area contributed by atoms with Crippen molar-refractivity contribution < 1.29 is 9.53 Å². The lowest BCUT2D eigenvalue weighted by Crippen LogP contribution is -2.46. The highest BCUT2D eigenvalue weighted by molar-refractivity contribution is 5.96. The average molecular weight is 262 g/mol. The normalized spacial score (nSPS) is 22.4. The van der Waals surface area contributed by atoms with E-state index in [9.17, 15) is 4.79 Å². The summed E-state index contributed by atoms with van der Waals surface area (Å²) in [5.74, 6) is -0.000275. The lowest BCUT2D eigenvalue weighted by molar-refractivity contribution is 0.0889. The Morgan fingerprint density at radius 2 is 2.21 bits per heavy atom. The zero-order valence-electron chi connectivity index (χ0n) is 11.7. The third-order valence-electron chi connectivity index (χ3n) is 3.54. The molecule has 2 rings (SSSR count). The van der Waals surface area contributed by atoms with Crippen LogP contribution in [0.4, 0.5) is 0 Å². The molecule has 0 bridgehead atoms. The highest BCUT2D eigenvalue weighted by Gasteiger charge is 2.31. The Bertz CT molecular complexity index is 440. The molecule has 4 heteroatoms. The van der Waals surface area contributed by atoms with Gasteiger partial charge in [-0.3, -0.25) is 4.79 Å². The maximum Gasteiger partial charge on any atom is 0.252 e. The van der Waals surface area contributed by atoms with E-state index >= 15 is 0 Å². The molecule has 1 saturated heterocycles. The molecular formula is C15H22N2O2. The van der Waals surface area contributed by atoms with Crippen molar-refractivity contribution in [2.75, 3.05) is 26.8 Å². The van der Waals surface area contributed by atoms with Gasteiger partial charge < -0.3 is 15.4 Å². The molecule has 1 aliphatic heterocycles. The predicted molar refractivity (Wildman–Crippen MR) is 75.4 cm³/mol. The number of amides is 1. The van der Waals surface area contributed by atoms with Crippen LogP contribution in [0.1, 0.15) is 29.3 Å². The van der Waals surface area contributed by atoms with Crippen LogP contribution in [0, 0.1) is 0 Å². The van der Waals surface area contributed by atoms with E-state index < -0.39 is 0 Å². The summed E-state index contributed by atoms with van der Waals surface area (Å²) >= 11 is 0. The fraction of sp³-hybridized carbons (Fsp3) is 0.533. The van der Waals surface area contributed by atoms with Crippen LogP contribution in [0.25, 0.3) is 0 Å². The summed E-state index contributed by atoms with van der Waals surface area (Å²) in [5, 5.41) is 6.22. The van der Waals surface area contributed by atoms with Crippen LogP contribution in [-0.4, -0.2) is 38.3 Å². The molecule has 1 aliphatic rings. The van der Waals surface area contributed by atoms with Gasteiger partial charge in [-0.2, -0.15) is 0 Å². The molecule has 0 aliphatic carbocycles. The zero-order valence-corrected chi connectivity index (χ0v) is 11.7. The maximum absolute atomic E-state index is 12.4. The van der Waals surface area contributed by atoms with Crippen molar-refractivity contribution in [1.29, 1.82) is 0 Å². The lowest BCUT2D eigenvalue weighted by atomic mass is 9.99. The van der Waals surface area contributed by atoms with E-state index in [-0.39, 0.29) is 11.4 Å². The minimum absolute atomic E-state index is 0.000275. The van der Waals surface area contributed by atoms with Gasteiger partial charge in [-0.25, -0.2) is 0 Å². The topological polar surface area (TPSA) is 50.4 Å². The number of nitrogens with one attached hydrogen (secondary N) is 2. The van der Waals surface area contributed by atoms with E-state index in [0.29, 0.717) is 6.61 Å². The quantitative estimate of drug-likeness (QED) is 0.842. The van der Waals surface area contributed by atoms with Gasteiger partial charge in [-0.15, -0.1) is 0 Å². The van der Waals surface area contributed by atoms with Crippen LogP contribution < -0.4 is 10.6 Å². The Kier molecular flexibility index (Phi) is 4.56. The van der Waals surface area contributed by atoms with Gasteiger partial charge in [0.05, 0.1) is 12.1 Å². The summed E-state index contributed by atoms with van der Waals surface area (Å²) in [5.41, 5.74) is 1.62. The first-order valence-corrected chi connectivity index (χ1v) is 6.77. The number of likely N-dealkylation sites (N-methyl/N-ethyl adjacent to an activating group) is 1. The van der Waals surface area contributed by atoms with Crippen molar-refractivity contribution in [3.05, 3.63) is 35.4 Å². The first kappa shape index (κ1) is 14.0. The van der Waals surface area contributed by atoms with Crippen LogP contribution in [-0.2, 0) is 11.2 Å². The van der Waals surface area contributed by atoms with Crippen LogP contribution in [0.3, 0.4) is 0 Å². The second-order valence-electron chi connectivity index (χ2n) is 5.33. The summed E-state index contributed by atoms with van der Waals surface area (Å²) in [6.45, 7) is 4.22. The van der Waals surface area contributed by atoms with E-state index in [0.717, 1.165) is 37.1 Å². The van der Waals surface area contributed by atoms with E-state index in [1.165, 1.54) is 0 Å². The van der Waals surface area contributed by atoms with Gasteiger partial charge >= 0.3 is 0 Å². The molecule has 1 aromatic rings. The molecule has 0 aromatic heterocycles. The fourth-order valence-corrected chi connectivity index (χ4v) is 2.33. The van der Waals surface area contributed by atoms with Gasteiger partial charge in [0, 0.05) is 12.2 Å². The van der Waals surface area contributed by atoms with Gasteiger partial charge in [0.1, 0.15) is 0 Å². The SMILES string of the molecule is CNCCc1ccccc1C(=O)NC1(C)CCOC1. The number of carbonyl (C=O) groups is 1. The van der Waals surface area contributed by atoms with Crippen LogP contribution >= 0.6 is 0 Å². The van der Waals surface area contributed by atoms with Gasteiger partial charge in [0.15, 0.2) is 0 Å². The number of carbonyl (C=O) groups excluding carboxylic acids is 1. The Labute approximate surface area is 114 Å². The molecule has 1 fully saturated rings. The van der Waals surface area contributed by atoms with E-state index in [2.05, 4.69) is 10.6 Å². The third-order valence-corrected chi connectivity index (χ3v) is 3.54. The van der Waals surface area contributed by atoms with Gasteiger partial charge in [0.25, 0.3) is 5.91 Å². The monoisotopic (exact) mass is 262 g/mol. The second-order valence-corrected chi connectivity index (χ2v) is 5.33. The Morgan fingerprint density at radius 3 is 2.89 bits per heavy atom. The van der Waals surface area contributed by atoms with Crippen LogP contribution in [0.5, 0.6) is 0 Å². The second kappa shape index (κ2) is 6.17. The summed E-state index contributed by atoms with van der Waals surface area (Å²) in [6, 6.07) is 7.78. The first-order chi connectivity index (χ1) is 9.14. The number of hydrogen-bond donors (Lipinski definition) is 2. The molecule has 0 saturated carbocycles. The molecule has 1 amide bonds. The third kappa shape index (κ3) is 3.55. The highest BCUT2D eigenvalue weighted by Crippen LogP contribution is 2.19.